The summed E-state index contributed by atoms with van der Waals surface area (Å²) in [6.07, 6.45) is 3.97. The molecule has 1 fully saturated rings. The number of aromatic nitrogens is 2. The molecule has 5 nitrogen and oxygen atoms in total. The lowest BCUT2D eigenvalue weighted by Gasteiger charge is -2.39. The fourth-order valence-electron chi connectivity index (χ4n) is 2.25. The van der Waals surface area contributed by atoms with Gasteiger partial charge in [0.15, 0.2) is 5.82 Å². The van der Waals surface area contributed by atoms with Gasteiger partial charge in [-0.1, -0.05) is 25.4 Å². The first kappa shape index (κ1) is 12.4. The third-order valence-electron chi connectivity index (χ3n) is 3.05. The highest BCUT2D eigenvalue weighted by Gasteiger charge is 2.28. The van der Waals surface area contributed by atoms with E-state index >= 15 is 0 Å². The van der Waals surface area contributed by atoms with Crippen molar-refractivity contribution in [2.24, 2.45) is 11.3 Å². The smallest absolute Gasteiger partial charge is 0.239 e. The van der Waals surface area contributed by atoms with E-state index in [4.69, 9.17) is 17.4 Å². The van der Waals surface area contributed by atoms with Crippen molar-refractivity contribution < 1.29 is 0 Å². The molecule has 1 aliphatic heterocycles. The van der Waals surface area contributed by atoms with E-state index in [1.54, 1.807) is 6.20 Å². The van der Waals surface area contributed by atoms with Crippen LogP contribution in [0.5, 0.6) is 0 Å². The zero-order valence-electron chi connectivity index (χ0n) is 10.2. The van der Waals surface area contributed by atoms with Gasteiger partial charge in [-0.15, -0.1) is 0 Å². The minimum absolute atomic E-state index is 0.294. The van der Waals surface area contributed by atoms with Crippen molar-refractivity contribution in [3.05, 3.63) is 11.2 Å². The summed E-state index contributed by atoms with van der Waals surface area (Å²) < 4.78 is 0. The van der Waals surface area contributed by atoms with Crippen molar-refractivity contribution >= 4 is 23.4 Å². The molecule has 0 atom stereocenters. The Kier molecular flexibility index (Phi) is 3.40. The first-order valence-electron chi connectivity index (χ1n) is 5.76. The molecule has 17 heavy (non-hydrogen) atoms. The van der Waals surface area contributed by atoms with Crippen LogP contribution in [0, 0.1) is 5.41 Å². The first-order chi connectivity index (χ1) is 8.02. The van der Waals surface area contributed by atoms with Gasteiger partial charge < -0.3 is 4.90 Å². The SMILES string of the molecule is CC1(C)CCCN(c2nc(NN)ncc2Cl)C1. The van der Waals surface area contributed by atoms with E-state index in [9.17, 15) is 0 Å². The van der Waals surface area contributed by atoms with Gasteiger partial charge in [-0.3, -0.25) is 5.43 Å². The number of anilines is 2. The molecule has 0 saturated carbocycles. The number of hydrazine groups is 1. The van der Waals surface area contributed by atoms with Crippen LogP contribution in [0.4, 0.5) is 11.8 Å². The summed E-state index contributed by atoms with van der Waals surface area (Å²) in [6.45, 7) is 6.45. The van der Waals surface area contributed by atoms with Gasteiger partial charge in [0.25, 0.3) is 0 Å². The van der Waals surface area contributed by atoms with Crippen molar-refractivity contribution in [2.45, 2.75) is 26.7 Å². The van der Waals surface area contributed by atoms with Crippen LogP contribution in [-0.2, 0) is 0 Å². The van der Waals surface area contributed by atoms with Crippen LogP contribution >= 0.6 is 11.6 Å². The molecule has 0 spiro atoms. The van der Waals surface area contributed by atoms with Gasteiger partial charge in [0.05, 0.1) is 6.20 Å². The maximum absolute atomic E-state index is 6.14. The summed E-state index contributed by atoms with van der Waals surface area (Å²) in [5, 5.41) is 0.571. The summed E-state index contributed by atoms with van der Waals surface area (Å²) in [6, 6.07) is 0. The van der Waals surface area contributed by atoms with Crippen LogP contribution in [0.15, 0.2) is 6.20 Å². The molecule has 1 aliphatic rings. The molecule has 0 bridgehead atoms. The number of nitrogens with zero attached hydrogens (tertiary/aromatic N) is 3. The number of nitrogens with two attached hydrogens (primary N) is 1. The molecule has 1 aromatic heterocycles. The zero-order chi connectivity index (χ0) is 12.5. The highest BCUT2D eigenvalue weighted by Crippen LogP contribution is 2.33. The Morgan fingerprint density at radius 1 is 1.53 bits per heavy atom. The zero-order valence-corrected chi connectivity index (χ0v) is 11.0. The standard InChI is InChI=1S/C11H18ClN5/c1-11(2)4-3-5-17(7-11)9-8(12)6-14-10(15-9)16-13/h6H,3-5,7,13H2,1-2H3,(H,14,15,16). The lowest BCUT2D eigenvalue weighted by molar-refractivity contribution is 0.292. The molecule has 0 unspecified atom stereocenters. The van der Waals surface area contributed by atoms with E-state index in [2.05, 4.69) is 34.1 Å². The molecule has 3 N–H and O–H groups in total. The third kappa shape index (κ3) is 2.79. The fraction of sp³-hybridized carbons (Fsp3) is 0.636. The Morgan fingerprint density at radius 3 is 2.94 bits per heavy atom. The molecule has 1 saturated heterocycles. The van der Waals surface area contributed by atoms with Gasteiger partial charge in [0.1, 0.15) is 5.02 Å². The average molecular weight is 256 g/mol. The van der Waals surface area contributed by atoms with Crippen LogP contribution in [0.3, 0.4) is 0 Å². The van der Waals surface area contributed by atoms with Crippen molar-refractivity contribution in [1.29, 1.82) is 0 Å². The molecule has 0 radical (unpaired) electrons. The number of piperidine rings is 1. The number of nitrogens with one attached hydrogen (secondary N) is 1. The topological polar surface area (TPSA) is 67.1 Å². The van der Waals surface area contributed by atoms with Crippen LogP contribution < -0.4 is 16.2 Å². The second kappa shape index (κ2) is 4.66. The molecule has 2 rings (SSSR count). The van der Waals surface area contributed by atoms with Crippen LogP contribution in [0.2, 0.25) is 5.02 Å². The maximum Gasteiger partial charge on any atom is 0.239 e. The van der Waals surface area contributed by atoms with Gasteiger partial charge >= 0.3 is 0 Å². The van der Waals surface area contributed by atoms with E-state index in [0.29, 0.717) is 16.4 Å². The van der Waals surface area contributed by atoms with Crippen molar-refractivity contribution in [3.8, 4) is 0 Å². The average Bonchev–Trinajstić information content (AvgIpc) is 2.28. The summed E-state index contributed by atoms with van der Waals surface area (Å²) in [5.74, 6) is 6.48. The van der Waals surface area contributed by atoms with E-state index in [1.807, 2.05) is 0 Å². The van der Waals surface area contributed by atoms with Gasteiger partial charge in [-0.2, -0.15) is 4.98 Å². The summed E-state index contributed by atoms with van der Waals surface area (Å²) in [5.41, 5.74) is 2.74. The van der Waals surface area contributed by atoms with E-state index in [1.165, 1.54) is 6.42 Å². The Bertz CT molecular complexity index is 407. The van der Waals surface area contributed by atoms with Crippen LogP contribution in [-0.4, -0.2) is 23.1 Å². The van der Waals surface area contributed by atoms with Crippen LogP contribution in [0.1, 0.15) is 26.7 Å². The quantitative estimate of drug-likeness (QED) is 0.625. The van der Waals surface area contributed by atoms with Gasteiger partial charge in [0.2, 0.25) is 5.95 Å². The van der Waals surface area contributed by atoms with E-state index in [-0.39, 0.29) is 0 Å². The predicted octanol–water partition coefficient (Wildman–Crippen LogP) is 2.04. The van der Waals surface area contributed by atoms with Gasteiger partial charge in [0, 0.05) is 13.1 Å². The number of hydrogen-bond acceptors (Lipinski definition) is 5. The molecular formula is C11H18ClN5. The molecule has 0 amide bonds. The van der Waals surface area contributed by atoms with Crippen molar-refractivity contribution in [2.75, 3.05) is 23.4 Å². The van der Waals surface area contributed by atoms with E-state index in [0.717, 1.165) is 25.3 Å². The lowest BCUT2D eigenvalue weighted by atomic mass is 9.84. The van der Waals surface area contributed by atoms with Gasteiger partial charge in [-0.25, -0.2) is 10.8 Å². The van der Waals surface area contributed by atoms with Gasteiger partial charge in [-0.05, 0) is 18.3 Å². The first-order valence-corrected chi connectivity index (χ1v) is 6.14. The number of nitrogen functional groups attached to an aromatic ring is 1. The van der Waals surface area contributed by atoms with Crippen molar-refractivity contribution in [3.63, 3.8) is 0 Å². The second-order valence-electron chi connectivity index (χ2n) is 5.20. The largest absolute Gasteiger partial charge is 0.355 e. The predicted molar refractivity (Wildman–Crippen MR) is 70.1 cm³/mol. The molecule has 0 aromatic carbocycles. The Morgan fingerprint density at radius 2 is 2.29 bits per heavy atom. The maximum atomic E-state index is 6.14. The highest BCUT2D eigenvalue weighted by atomic mass is 35.5. The molecule has 2 heterocycles. The van der Waals surface area contributed by atoms with Crippen LogP contribution in [0.25, 0.3) is 0 Å². The molecule has 0 aliphatic carbocycles. The lowest BCUT2D eigenvalue weighted by Crippen LogP contribution is -2.40. The molecule has 1 aromatic rings. The summed E-state index contributed by atoms with van der Waals surface area (Å²) in [4.78, 5) is 10.5. The fourth-order valence-corrected chi connectivity index (χ4v) is 2.46. The van der Waals surface area contributed by atoms with E-state index < -0.39 is 0 Å². The Balaban J connectivity index is 2.26. The number of rotatable bonds is 2. The number of halogens is 1. The minimum Gasteiger partial charge on any atom is -0.355 e. The Hall–Kier alpha value is -1.07. The Labute approximate surface area is 106 Å². The third-order valence-corrected chi connectivity index (χ3v) is 3.32. The second-order valence-corrected chi connectivity index (χ2v) is 5.61. The summed E-state index contributed by atoms with van der Waals surface area (Å²) >= 11 is 6.14. The van der Waals surface area contributed by atoms with Crippen molar-refractivity contribution in [1.82, 2.24) is 9.97 Å². The summed E-state index contributed by atoms with van der Waals surface area (Å²) in [7, 11) is 0. The highest BCUT2D eigenvalue weighted by molar-refractivity contribution is 6.32. The molecule has 6 heteroatoms. The number of hydrogen-bond donors (Lipinski definition) is 2. The molecule has 94 valence electrons. The normalized spacial score (nSPS) is 19.2. The molecular weight excluding hydrogens is 238 g/mol. The minimum atomic E-state index is 0.294. The monoisotopic (exact) mass is 255 g/mol.